The summed E-state index contributed by atoms with van der Waals surface area (Å²) in [6, 6.07) is 19.9. The van der Waals surface area contributed by atoms with Gasteiger partial charge in [0.25, 0.3) is 0 Å². The molecule has 1 amide bonds. The van der Waals surface area contributed by atoms with E-state index in [9.17, 15) is 4.79 Å². The lowest BCUT2D eigenvalue weighted by molar-refractivity contribution is -0.116. The molecule has 0 unspecified atom stereocenters. The quantitative estimate of drug-likeness (QED) is 0.363. The number of aromatic nitrogens is 1. The number of benzene rings is 3. The Labute approximate surface area is 171 Å². The molecule has 0 bridgehead atoms. The first-order valence-electron chi connectivity index (χ1n) is 8.62. The van der Waals surface area contributed by atoms with Gasteiger partial charge in [-0.2, -0.15) is 0 Å². The van der Waals surface area contributed by atoms with E-state index in [1.54, 1.807) is 11.3 Å². The maximum absolute atomic E-state index is 12.9. The first-order chi connectivity index (χ1) is 13.2. The SMILES string of the molecule is CCN(C(=O)CSc1nc2cc(Cl)ccc2s1)c1cccc2ccccc12. The minimum atomic E-state index is 0.0798. The molecule has 27 heavy (non-hydrogen) atoms. The average molecular weight is 413 g/mol. The van der Waals surface area contributed by atoms with Crippen LogP contribution in [0.15, 0.2) is 65.0 Å². The number of nitrogens with zero attached hydrogens (tertiary/aromatic N) is 2. The Bertz CT molecular complexity index is 1120. The van der Waals surface area contributed by atoms with Crippen molar-refractivity contribution in [2.75, 3.05) is 17.2 Å². The van der Waals surface area contributed by atoms with Crippen LogP contribution in [0.4, 0.5) is 5.69 Å². The van der Waals surface area contributed by atoms with E-state index < -0.39 is 0 Å². The Morgan fingerprint density at radius 1 is 1.15 bits per heavy atom. The molecule has 0 atom stereocenters. The molecular weight excluding hydrogens is 396 g/mol. The number of fused-ring (bicyclic) bond motifs is 2. The van der Waals surface area contributed by atoms with Crippen molar-refractivity contribution in [3.05, 3.63) is 65.7 Å². The lowest BCUT2D eigenvalue weighted by Crippen LogP contribution is -2.32. The maximum Gasteiger partial charge on any atom is 0.237 e. The van der Waals surface area contributed by atoms with Gasteiger partial charge in [-0.3, -0.25) is 4.79 Å². The van der Waals surface area contributed by atoms with E-state index in [-0.39, 0.29) is 5.91 Å². The second kappa shape index (κ2) is 7.89. The molecule has 6 heteroatoms. The molecule has 0 aliphatic heterocycles. The molecule has 0 aliphatic rings. The highest BCUT2D eigenvalue weighted by Gasteiger charge is 2.17. The molecule has 3 aromatic carbocycles. The van der Waals surface area contributed by atoms with Crippen LogP contribution in [0.2, 0.25) is 5.02 Å². The Kier molecular flexibility index (Phi) is 5.34. The molecule has 0 fully saturated rings. The summed E-state index contributed by atoms with van der Waals surface area (Å²) < 4.78 is 1.96. The average Bonchev–Trinajstić information content (AvgIpc) is 3.09. The summed E-state index contributed by atoms with van der Waals surface area (Å²) in [4.78, 5) is 19.3. The van der Waals surface area contributed by atoms with Gasteiger partial charge in [-0.1, -0.05) is 59.8 Å². The van der Waals surface area contributed by atoms with Gasteiger partial charge in [0.1, 0.15) is 0 Å². The molecular formula is C21H17ClN2OS2. The molecule has 3 nitrogen and oxygen atoms in total. The molecule has 0 spiro atoms. The number of rotatable bonds is 5. The molecule has 0 radical (unpaired) electrons. The highest BCUT2D eigenvalue weighted by molar-refractivity contribution is 8.01. The van der Waals surface area contributed by atoms with Crippen molar-refractivity contribution in [3.8, 4) is 0 Å². The molecule has 0 saturated heterocycles. The third-order valence-corrected chi connectivity index (χ3v) is 6.72. The lowest BCUT2D eigenvalue weighted by Gasteiger charge is -2.22. The number of hydrogen-bond acceptors (Lipinski definition) is 4. The van der Waals surface area contributed by atoms with E-state index in [1.165, 1.54) is 11.8 Å². The predicted molar refractivity (Wildman–Crippen MR) is 117 cm³/mol. The Morgan fingerprint density at radius 2 is 1.96 bits per heavy atom. The molecule has 4 rings (SSSR count). The van der Waals surface area contributed by atoms with Gasteiger partial charge in [0.2, 0.25) is 5.91 Å². The Balaban J connectivity index is 1.54. The van der Waals surface area contributed by atoms with Crippen LogP contribution >= 0.6 is 34.7 Å². The second-order valence-corrected chi connectivity index (χ2v) is 8.71. The van der Waals surface area contributed by atoms with Crippen LogP contribution in [0.1, 0.15) is 6.92 Å². The Morgan fingerprint density at radius 3 is 2.81 bits per heavy atom. The highest BCUT2D eigenvalue weighted by Crippen LogP contribution is 2.32. The van der Waals surface area contributed by atoms with Gasteiger partial charge in [0.05, 0.1) is 21.7 Å². The number of thiazole rings is 1. The smallest absolute Gasteiger partial charge is 0.237 e. The lowest BCUT2D eigenvalue weighted by atomic mass is 10.1. The van der Waals surface area contributed by atoms with Crippen LogP contribution in [0, 0.1) is 0 Å². The predicted octanol–water partition coefficient (Wildman–Crippen LogP) is 6.25. The van der Waals surface area contributed by atoms with E-state index in [0.717, 1.165) is 31.0 Å². The zero-order chi connectivity index (χ0) is 18.8. The summed E-state index contributed by atoms with van der Waals surface area (Å²) in [5, 5.41) is 2.90. The van der Waals surface area contributed by atoms with Crippen molar-refractivity contribution >= 4 is 67.3 Å². The molecule has 0 saturated carbocycles. The van der Waals surface area contributed by atoms with E-state index in [1.807, 2.05) is 54.3 Å². The highest BCUT2D eigenvalue weighted by atomic mass is 35.5. The molecule has 0 aliphatic carbocycles. The summed E-state index contributed by atoms with van der Waals surface area (Å²) in [6.45, 7) is 2.63. The van der Waals surface area contributed by atoms with Crippen molar-refractivity contribution in [2.45, 2.75) is 11.3 Å². The minimum absolute atomic E-state index is 0.0798. The standard InChI is InChI=1S/C21H17ClN2OS2/c1-2-24(18-9-5-7-14-6-3-4-8-16(14)18)20(25)13-26-21-23-17-12-15(22)10-11-19(17)27-21/h3-12H,2,13H2,1H3. The van der Waals surface area contributed by atoms with Gasteiger partial charge in [0.15, 0.2) is 4.34 Å². The monoisotopic (exact) mass is 412 g/mol. The second-order valence-electron chi connectivity index (χ2n) is 6.02. The van der Waals surface area contributed by atoms with Gasteiger partial charge in [-0.25, -0.2) is 4.98 Å². The fourth-order valence-electron chi connectivity index (χ4n) is 3.07. The largest absolute Gasteiger partial charge is 0.311 e. The van der Waals surface area contributed by atoms with Crippen molar-refractivity contribution < 1.29 is 4.79 Å². The Hall–Kier alpha value is -2.08. The van der Waals surface area contributed by atoms with Crippen LogP contribution in [0.5, 0.6) is 0 Å². The summed E-state index contributed by atoms with van der Waals surface area (Å²) >= 11 is 9.09. The van der Waals surface area contributed by atoms with E-state index >= 15 is 0 Å². The van der Waals surface area contributed by atoms with Crippen LogP contribution < -0.4 is 4.90 Å². The molecule has 0 N–H and O–H groups in total. The fourth-order valence-corrected chi connectivity index (χ4v) is 5.16. The first kappa shape index (κ1) is 18.3. The van der Waals surface area contributed by atoms with Crippen molar-refractivity contribution in [1.29, 1.82) is 0 Å². The van der Waals surface area contributed by atoms with Gasteiger partial charge in [0, 0.05) is 17.0 Å². The van der Waals surface area contributed by atoms with Crippen molar-refractivity contribution in [1.82, 2.24) is 4.98 Å². The normalized spacial score (nSPS) is 11.2. The number of carbonyl (C=O) groups excluding carboxylic acids is 1. The van der Waals surface area contributed by atoms with Crippen LogP contribution in [-0.2, 0) is 4.79 Å². The van der Waals surface area contributed by atoms with Gasteiger partial charge in [-0.15, -0.1) is 11.3 Å². The minimum Gasteiger partial charge on any atom is -0.311 e. The summed E-state index contributed by atoms with van der Waals surface area (Å²) in [6.07, 6.45) is 0. The van der Waals surface area contributed by atoms with Crippen molar-refractivity contribution in [2.24, 2.45) is 0 Å². The molecule has 1 heterocycles. The number of thioether (sulfide) groups is 1. The van der Waals surface area contributed by atoms with Gasteiger partial charge >= 0.3 is 0 Å². The number of hydrogen-bond donors (Lipinski definition) is 0. The molecule has 4 aromatic rings. The van der Waals surface area contributed by atoms with E-state index in [4.69, 9.17) is 11.6 Å². The zero-order valence-corrected chi connectivity index (χ0v) is 17.1. The third kappa shape index (κ3) is 3.81. The summed E-state index contributed by atoms with van der Waals surface area (Å²) in [5.74, 6) is 0.432. The number of halogens is 1. The van der Waals surface area contributed by atoms with Gasteiger partial charge < -0.3 is 4.90 Å². The fraction of sp³-hybridized carbons (Fsp3) is 0.143. The molecule has 136 valence electrons. The van der Waals surface area contributed by atoms with E-state index in [0.29, 0.717) is 17.3 Å². The van der Waals surface area contributed by atoms with Gasteiger partial charge in [-0.05, 0) is 36.6 Å². The molecule has 1 aromatic heterocycles. The van der Waals surface area contributed by atoms with E-state index in [2.05, 4.69) is 23.2 Å². The van der Waals surface area contributed by atoms with Crippen LogP contribution in [0.25, 0.3) is 21.0 Å². The van der Waals surface area contributed by atoms with Crippen molar-refractivity contribution in [3.63, 3.8) is 0 Å². The van der Waals surface area contributed by atoms with Crippen LogP contribution in [0.3, 0.4) is 0 Å². The number of anilines is 1. The topological polar surface area (TPSA) is 33.2 Å². The zero-order valence-electron chi connectivity index (χ0n) is 14.7. The van der Waals surface area contributed by atoms with Crippen LogP contribution in [-0.4, -0.2) is 23.2 Å². The first-order valence-corrected chi connectivity index (χ1v) is 10.8. The summed E-state index contributed by atoms with van der Waals surface area (Å²) in [5.41, 5.74) is 1.83. The maximum atomic E-state index is 12.9. The summed E-state index contributed by atoms with van der Waals surface area (Å²) in [7, 11) is 0. The number of carbonyl (C=O) groups is 1. The third-order valence-electron chi connectivity index (χ3n) is 4.32. The number of amides is 1.